The van der Waals surface area contributed by atoms with Gasteiger partial charge in [-0.3, -0.25) is 4.79 Å². The van der Waals surface area contributed by atoms with Gasteiger partial charge in [0.15, 0.2) is 6.10 Å². The fourth-order valence-electron chi connectivity index (χ4n) is 2.82. The molecule has 1 aliphatic rings. The molecule has 1 saturated heterocycles. The smallest absolute Gasteiger partial charge is 0.263 e. The molecule has 2 unspecified atom stereocenters. The van der Waals surface area contributed by atoms with Gasteiger partial charge in [0, 0.05) is 13.1 Å². The summed E-state index contributed by atoms with van der Waals surface area (Å²) >= 11 is 3.48. The van der Waals surface area contributed by atoms with Gasteiger partial charge in [0.05, 0.1) is 4.47 Å². The van der Waals surface area contributed by atoms with E-state index in [-0.39, 0.29) is 11.8 Å². The van der Waals surface area contributed by atoms with Crippen LogP contribution in [0.3, 0.4) is 0 Å². The molecule has 2 atom stereocenters. The third-order valence-corrected chi connectivity index (χ3v) is 4.68. The summed E-state index contributed by atoms with van der Waals surface area (Å²) in [5.74, 6) is 1.50. The Morgan fingerprint density at radius 1 is 1.45 bits per heavy atom. The number of hydrogen-bond donors (Lipinski definition) is 1. The van der Waals surface area contributed by atoms with Crippen molar-refractivity contribution < 1.29 is 9.53 Å². The van der Waals surface area contributed by atoms with Crippen molar-refractivity contribution >= 4 is 21.8 Å². The first-order valence-corrected chi connectivity index (χ1v) is 8.66. The maximum atomic E-state index is 12.8. The Kier molecular flexibility index (Phi) is 6.26. The monoisotopic (exact) mass is 368 g/mol. The Hall–Kier alpha value is -1.07. The molecule has 1 fully saturated rings. The molecule has 0 bridgehead atoms. The van der Waals surface area contributed by atoms with E-state index < -0.39 is 6.10 Å². The number of nitrogens with one attached hydrogen (secondary N) is 1. The number of nitrogens with zero attached hydrogens (tertiary/aromatic N) is 1. The van der Waals surface area contributed by atoms with Crippen molar-refractivity contribution in [2.75, 3.05) is 26.7 Å². The number of hydrogen-bond acceptors (Lipinski definition) is 3. The van der Waals surface area contributed by atoms with Crippen LogP contribution in [-0.4, -0.2) is 43.6 Å². The fraction of sp³-hybridized carbons (Fsp3) is 0.588. The molecule has 1 aliphatic heterocycles. The van der Waals surface area contributed by atoms with Crippen LogP contribution in [0, 0.1) is 11.8 Å². The van der Waals surface area contributed by atoms with Crippen LogP contribution in [0.1, 0.15) is 20.3 Å². The average molecular weight is 369 g/mol. The van der Waals surface area contributed by atoms with Crippen molar-refractivity contribution in [3.63, 3.8) is 0 Å². The zero-order chi connectivity index (χ0) is 16.1. The number of para-hydroxylation sites is 1. The quantitative estimate of drug-likeness (QED) is 0.839. The molecule has 4 nitrogen and oxygen atoms in total. The topological polar surface area (TPSA) is 41.6 Å². The Bertz CT molecular complexity index is 507. The van der Waals surface area contributed by atoms with E-state index in [1.165, 1.54) is 0 Å². The number of carbonyl (C=O) groups is 1. The van der Waals surface area contributed by atoms with Gasteiger partial charge >= 0.3 is 0 Å². The zero-order valence-corrected chi connectivity index (χ0v) is 15.1. The number of likely N-dealkylation sites (tertiary alicyclic amines) is 1. The molecule has 1 aromatic rings. The summed E-state index contributed by atoms with van der Waals surface area (Å²) in [6.45, 7) is 6.66. The van der Waals surface area contributed by atoms with Gasteiger partial charge in [-0.05, 0) is 59.9 Å². The van der Waals surface area contributed by atoms with E-state index in [4.69, 9.17) is 4.74 Å². The summed E-state index contributed by atoms with van der Waals surface area (Å²) < 4.78 is 6.90. The SMILES string of the molecule is CNCC1CCN(C(=O)C(Oc2ccccc2Br)C(C)C)C1. The average Bonchev–Trinajstić information content (AvgIpc) is 2.94. The molecular weight excluding hydrogens is 344 g/mol. The second-order valence-corrected chi connectivity index (χ2v) is 7.06. The molecule has 1 heterocycles. The van der Waals surface area contributed by atoms with Crippen LogP contribution in [0.5, 0.6) is 5.75 Å². The van der Waals surface area contributed by atoms with Crippen LogP contribution in [0.25, 0.3) is 0 Å². The standard InChI is InChI=1S/C17H25BrN2O2/c1-12(2)16(22-15-7-5-4-6-14(15)18)17(21)20-9-8-13(11-20)10-19-3/h4-7,12-13,16,19H,8-11H2,1-3H3. The molecule has 122 valence electrons. The molecular formula is C17H25BrN2O2. The van der Waals surface area contributed by atoms with E-state index in [2.05, 4.69) is 21.2 Å². The summed E-state index contributed by atoms with van der Waals surface area (Å²) in [6.07, 6.45) is 0.624. The Morgan fingerprint density at radius 3 is 2.82 bits per heavy atom. The van der Waals surface area contributed by atoms with Gasteiger partial charge < -0.3 is 15.0 Å². The highest BCUT2D eigenvalue weighted by molar-refractivity contribution is 9.10. The second kappa shape index (κ2) is 7.97. The van der Waals surface area contributed by atoms with Crippen LogP contribution in [0.4, 0.5) is 0 Å². The minimum atomic E-state index is -0.438. The van der Waals surface area contributed by atoms with Crippen LogP contribution < -0.4 is 10.1 Å². The summed E-state index contributed by atoms with van der Waals surface area (Å²) in [5.41, 5.74) is 0. The third kappa shape index (κ3) is 4.23. The highest BCUT2D eigenvalue weighted by Crippen LogP contribution is 2.27. The second-order valence-electron chi connectivity index (χ2n) is 6.21. The van der Waals surface area contributed by atoms with E-state index >= 15 is 0 Å². The lowest BCUT2D eigenvalue weighted by atomic mass is 10.1. The lowest BCUT2D eigenvalue weighted by Gasteiger charge is -2.27. The van der Waals surface area contributed by atoms with Crippen molar-refractivity contribution in [3.05, 3.63) is 28.7 Å². The molecule has 0 radical (unpaired) electrons. The molecule has 5 heteroatoms. The van der Waals surface area contributed by atoms with Gasteiger partial charge in [0.2, 0.25) is 0 Å². The van der Waals surface area contributed by atoms with Gasteiger partial charge in [-0.25, -0.2) is 0 Å². The van der Waals surface area contributed by atoms with E-state index in [1.807, 2.05) is 50.1 Å². The number of benzene rings is 1. The molecule has 1 aromatic carbocycles. The number of rotatable bonds is 6. The first-order chi connectivity index (χ1) is 10.5. The van der Waals surface area contributed by atoms with Crippen molar-refractivity contribution in [3.8, 4) is 5.75 Å². The summed E-state index contributed by atoms with van der Waals surface area (Å²) in [6, 6.07) is 7.67. The van der Waals surface area contributed by atoms with Crippen molar-refractivity contribution in [2.45, 2.75) is 26.4 Å². The molecule has 2 rings (SSSR count). The third-order valence-electron chi connectivity index (χ3n) is 4.03. The molecule has 1 amide bonds. The van der Waals surface area contributed by atoms with Crippen LogP contribution in [0.2, 0.25) is 0 Å². The lowest BCUT2D eigenvalue weighted by molar-refractivity contribution is -0.139. The van der Waals surface area contributed by atoms with Gasteiger partial charge in [0.25, 0.3) is 5.91 Å². The predicted octanol–water partition coefficient (Wildman–Crippen LogP) is 2.92. The normalized spacial score (nSPS) is 19.5. The van der Waals surface area contributed by atoms with Crippen molar-refractivity contribution in [2.24, 2.45) is 11.8 Å². The summed E-state index contributed by atoms with van der Waals surface area (Å²) in [4.78, 5) is 14.8. The maximum Gasteiger partial charge on any atom is 0.263 e. The van der Waals surface area contributed by atoms with E-state index in [0.29, 0.717) is 5.92 Å². The Balaban J connectivity index is 2.05. The van der Waals surface area contributed by atoms with Gasteiger partial charge in [-0.1, -0.05) is 26.0 Å². The highest BCUT2D eigenvalue weighted by Gasteiger charge is 2.33. The van der Waals surface area contributed by atoms with Gasteiger partial charge in [-0.15, -0.1) is 0 Å². The lowest BCUT2D eigenvalue weighted by Crippen LogP contribution is -2.44. The maximum absolute atomic E-state index is 12.8. The van der Waals surface area contributed by atoms with E-state index in [9.17, 15) is 4.79 Å². The van der Waals surface area contributed by atoms with E-state index in [1.54, 1.807) is 0 Å². The molecule has 0 saturated carbocycles. The molecule has 1 N–H and O–H groups in total. The first-order valence-electron chi connectivity index (χ1n) is 7.87. The van der Waals surface area contributed by atoms with Crippen molar-refractivity contribution in [1.29, 1.82) is 0 Å². The first kappa shape index (κ1) is 17.3. The molecule has 0 aromatic heterocycles. The number of carbonyl (C=O) groups excluding carboxylic acids is 1. The minimum Gasteiger partial charge on any atom is -0.479 e. The molecule has 0 aliphatic carbocycles. The molecule has 0 spiro atoms. The highest BCUT2D eigenvalue weighted by atomic mass is 79.9. The molecule has 22 heavy (non-hydrogen) atoms. The van der Waals surface area contributed by atoms with Crippen molar-refractivity contribution in [1.82, 2.24) is 10.2 Å². The van der Waals surface area contributed by atoms with Crippen LogP contribution in [0.15, 0.2) is 28.7 Å². The van der Waals surface area contributed by atoms with Gasteiger partial charge in [0.1, 0.15) is 5.75 Å². The largest absolute Gasteiger partial charge is 0.479 e. The Morgan fingerprint density at radius 2 is 2.18 bits per heavy atom. The minimum absolute atomic E-state index is 0.101. The predicted molar refractivity (Wildman–Crippen MR) is 92.0 cm³/mol. The number of amides is 1. The fourth-order valence-corrected chi connectivity index (χ4v) is 3.20. The summed E-state index contributed by atoms with van der Waals surface area (Å²) in [7, 11) is 1.96. The summed E-state index contributed by atoms with van der Waals surface area (Å²) in [5, 5.41) is 3.19. The number of halogens is 1. The van der Waals surface area contributed by atoms with E-state index in [0.717, 1.165) is 36.3 Å². The van der Waals surface area contributed by atoms with Crippen LogP contribution in [-0.2, 0) is 4.79 Å². The number of ether oxygens (including phenoxy) is 1. The zero-order valence-electron chi connectivity index (χ0n) is 13.5. The van der Waals surface area contributed by atoms with Crippen LogP contribution >= 0.6 is 15.9 Å². The van der Waals surface area contributed by atoms with Gasteiger partial charge in [-0.2, -0.15) is 0 Å². The Labute approximate surface area is 141 Å².